The Morgan fingerprint density at radius 3 is 2.67 bits per heavy atom. The number of amides is 1. The van der Waals surface area contributed by atoms with Crippen LogP contribution >= 0.6 is 0 Å². The molecule has 2 N–H and O–H groups in total. The Balaban J connectivity index is 1.95. The van der Waals surface area contributed by atoms with Crippen LogP contribution in [0.25, 0.3) is 0 Å². The molecule has 0 aliphatic carbocycles. The third-order valence-corrected chi connectivity index (χ3v) is 2.40. The Labute approximate surface area is 102 Å². The van der Waals surface area contributed by atoms with Crippen molar-refractivity contribution in [3.63, 3.8) is 0 Å². The monoisotopic (exact) mass is 251 g/mol. The molecule has 0 atom stereocenters. The minimum absolute atomic E-state index is 0.121. The lowest BCUT2D eigenvalue weighted by atomic mass is 10.2. The van der Waals surface area contributed by atoms with Gasteiger partial charge in [-0.3, -0.25) is 4.79 Å². The van der Waals surface area contributed by atoms with Crippen molar-refractivity contribution in [2.24, 2.45) is 0 Å². The zero-order valence-electron chi connectivity index (χ0n) is 9.41. The quantitative estimate of drug-likeness (QED) is 0.875. The Morgan fingerprint density at radius 1 is 1.33 bits per heavy atom. The van der Waals surface area contributed by atoms with Gasteiger partial charge < -0.3 is 10.3 Å². The number of aryl methyl sites for hydroxylation is 1. The highest BCUT2D eigenvalue weighted by atomic mass is 19.1. The van der Waals surface area contributed by atoms with Gasteiger partial charge >= 0.3 is 0 Å². The second-order valence-electron chi connectivity index (χ2n) is 3.72. The number of imidazole rings is 1. The summed E-state index contributed by atoms with van der Waals surface area (Å²) in [7, 11) is 0. The Kier molecular flexibility index (Phi) is 3.66. The molecule has 1 aromatic carbocycles. The van der Waals surface area contributed by atoms with E-state index >= 15 is 0 Å². The number of hydrogen-bond acceptors (Lipinski definition) is 2. The molecule has 0 aliphatic rings. The van der Waals surface area contributed by atoms with Gasteiger partial charge in [0.2, 0.25) is 5.91 Å². The number of benzene rings is 1. The molecule has 0 fully saturated rings. The molecule has 6 heteroatoms. The molecule has 0 aliphatic heterocycles. The van der Waals surface area contributed by atoms with E-state index in [1.54, 1.807) is 6.20 Å². The van der Waals surface area contributed by atoms with E-state index in [-0.39, 0.29) is 6.42 Å². The van der Waals surface area contributed by atoms with E-state index in [2.05, 4.69) is 15.3 Å². The molecule has 0 radical (unpaired) electrons. The first-order valence-corrected chi connectivity index (χ1v) is 5.38. The maximum Gasteiger partial charge on any atom is 0.224 e. The number of H-pyrrole nitrogens is 1. The predicted molar refractivity (Wildman–Crippen MR) is 61.9 cm³/mol. The Hall–Kier alpha value is -2.24. The topological polar surface area (TPSA) is 57.8 Å². The molecule has 0 unspecified atom stereocenters. The molecule has 0 bridgehead atoms. The first-order chi connectivity index (χ1) is 8.66. The third kappa shape index (κ3) is 2.91. The Morgan fingerprint density at radius 2 is 2.06 bits per heavy atom. The van der Waals surface area contributed by atoms with Crippen LogP contribution in [0.3, 0.4) is 0 Å². The molecule has 2 aromatic rings. The van der Waals surface area contributed by atoms with Crippen LogP contribution in [-0.2, 0) is 11.2 Å². The van der Waals surface area contributed by atoms with E-state index in [4.69, 9.17) is 0 Å². The molecule has 1 heterocycles. The van der Waals surface area contributed by atoms with Crippen molar-refractivity contribution in [2.45, 2.75) is 12.8 Å². The number of halogens is 2. The highest BCUT2D eigenvalue weighted by molar-refractivity contribution is 5.91. The molecule has 4 nitrogen and oxygen atoms in total. The average molecular weight is 251 g/mol. The second kappa shape index (κ2) is 5.39. The lowest BCUT2D eigenvalue weighted by Gasteiger charge is -2.06. The number of nitrogens with one attached hydrogen (secondary N) is 2. The molecule has 0 saturated carbocycles. The van der Waals surface area contributed by atoms with Crippen LogP contribution in [0.4, 0.5) is 14.5 Å². The maximum atomic E-state index is 13.3. The van der Waals surface area contributed by atoms with Crippen molar-refractivity contribution in [3.05, 3.63) is 48.1 Å². The molecular weight excluding hydrogens is 240 g/mol. The lowest BCUT2D eigenvalue weighted by molar-refractivity contribution is -0.116. The number of carbonyl (C=O) groups is 1. The zero-order valence-corrected chi connectivity index (χ0v) is 9.41. The molecule has 94 valence electrons. The number of para-hydroxylation sites is 1. The second-order valence-corrected chi connectivity index (χ2v) is 3.72. The van der Waals surface area contributed by atoms with E-state index in [0.29, 0.717) is 6.42 Å². The molecule has 0 saturated heterocycles. The van der Waals surface area contributed by atoms with E-state index in [1.165, 1.54) is 12.4 Å². The van der Waals surface area contributed by atoms with Crippen LogP contribution in [0.2, 0.25) is 0 Å². The maximum absolute atomic E-state index is 13.3. The molecule has 0 spiro atoms. The number of aromatic nitrogens is 2. The first kappa shape index (κ1) is 12.2. The number of nitrogens with zero attached hydrogens (tertiary/aromatic N) is 1. The van der Waals surface area contributed by atoms with Crippen molar-refractivity contribution in [3.8, 4) is 0 Å². The van der Waals surface area contributed by atoms with Gasteiger partial charge in [-0.1, -0.05) is 6.07 Å². The van der Waals surface area contributed by atoms with Gasteiger partial charge in [-0.2, -0.15) is 0 Å². The number of aromatic amines is 1. The normalized spacial score (nSPS) is 10.3. The number of carbonyl (C=O) groups excluding carboxylic acids is 1. The summed E-state index contributed by atoms with van der Waals surface area (Å²) in [4.78, 5) is 18.2. The van der Waals surface area contributed by atoms with Crippen molar-refractivity contribution < 1.29 is 13.6 Å². The zero-order chi connectivity index (χ0) is 13.0. The average Bonchev–Trinajstić information content (AvgIpc) is 2.84. The standard InChI is InChI=1S/C12H11F2N3O/c13-9-2-1-3-10(14)12(9)17-11(18)5-4-8-6-15-7-16-8/h1-3,6-7H,4-5H2,(H,15,16)(H,17,18). The first-order valence-electron chi connectivity index (χ1n) is 5.38. The summed E-state index contributed by atoms with van der Waals surface area (Å²) in [6.07, 6.45) is 3.65. The summed E-state index contributed by atoms with van der Waals surface area (Å²) >= 11 is 0. The van der Waals surface area contributed by atoms with Gasteiger partial charge in [0.25, 0.3) is 0 Å². The van der Waals surface area contributed by atoms with Gasteiger partial charge in [0, 0.05) is 18.3 Å². The summed E-state index contributed by atoms with van der Waals surface area (Å²) < 4.78 is 26.5. The van der Waals surface area contributed by atoms with Crippen LogP contribution < -0.4 is 5.32 Å². The minimum Gasteiger partial charge on any atom is -0.348 e. The van der Waals surface area contributed by atoms with Crippen molar-refractivity contribution in [1.82, 2.24) is 9.97 Å². The van der Waals surface area contributed by atoms with E-state index in [9.17, 15) is 13.6 Å². The lowest BCUT2D eigenvalue weighted by Crippen LogP contribution is -2.14. The van der Waals surface area contributed by atoms with E-state index in [0.717, 1.165) is 17.8 Å². The van der Waals surface area contributed by atoms with Crippen molar-refractivity contribution in [2.75, 3.05) is 5.32 Å². The molecule has 1 amide bonds. The number of hydrogen-bond donors (Lipinski definition) is 2. The smallest absolute Gasteiger partial charge is 0.224 e. The largest absolute Gasteiger partial charge is 0.348 e. The number of rotatable bonds is 4. The fourth-order valence-electron chi connectivity index (χ4n) is 1.49. The summed E-state index contributed by atoms with van der Waals surface area (Å²) in [6.45, 7) is 0. The van der Waals surface area contributed by atoms with Gasteiger partial charge in [-0.25, -0.2) is 13.8 Å². The van der Waals surface area contributed by atoms with Crippen LogP contribution in [0.1, 0.15) is 12.1 Å². The molecular formula is C12H11F2N3O. The highest BCUT2D eigenvalue weighted by Gasteiger charge is 2.11. The van der Waals surface area contributed by atoms with E-state index < -0.39 is 23.2 Å². The van der Waals surface area contributed by atoms with Gasteiger partial charge in [0.05, 0.1) is 6.33 Å². The Bertz CT molecular complexity index is 520. The van der Waals surface area contributed by atoms with Crippen LogP contribution in [0, 0.1) is 11.6 Å². The highest BCUT2D eigenvalue weighted by Crippen LogP contribution is 2.18. The number of anilines is 1. The van der Waals surface area contributed by atoms with Crippen LogP contribution in [0.5, 0.6) is 0 Å². The third-order valence-electron chi connectivity index (χ3n) is 2.40. The SMILES string of the molecule is O=C(CCc1cnc[nH]1)Nc1c(F)cccc1F. The minimum atomic E-state index is -0.787. The molecule has 1 aromatic heterocycles. The molecule has 2 rings (SSSR count). The van der Waals surface area contributed by atoms with Gasteiger partial charge in [0.1, 0.15) is 17.3 Å². The molecule has 18 heavy (non-hydrogen) atoms. The van der Waals surface area contributed by atoms with Gasteiger partial charge in [-0.05, 0) is 18.6 Å². The predicted octanol–water partition coefficient (Wildman–Crippen LogP) is 2.26. The van der Waals surface area contributed by atoms with Crippen LogP contribution in [-0.4, -0.2) is 15.9 Å². The van der Waals surface area contributed by atoms with Crippen LogP contribution in [0.15, 0.2) is 30.7 Å². The summed E-state index contributed by atoms with van der Waals surface area (Å²) in [5.74, 6) is -2.02. The fourth-order valence-corrected chi connectivity index (χ4v) is 1.49. The van der Waals surface area contributed by atoms with Gasteiger partial charge in [0.15, 0.2) is 0 Å². The van der Waals surface area contributed by atoms with E-state index in [1.807, 2.05) is 0 Å². The van der Waals surface area contributed by atoms with Crippen molar-refractivity contribution in [1.29, 1.82) is 0 Å². The summed E-state index contributed by atoms with van der Waals surface area (Å²) in [5.41, 5.74) is 0.381. The van der Waals surface area contributed by atoms with Gasteiger partial charge in [-0.15, -0.1) is 0 Å². The summed E-state index contributed by atoms with van der Waals surface area (Å²) in [5, 5.41) is 2.22. The van der Waals surface area contributed by atoms with Crippen molar-refractivity contribution >= 4 is 11.6 Å². The summed E-state index contributed by atoms with van der Waals surface area (Å²) in [6, 6.07) is 3.42. The fraction of sp³-hybridized carbons (Fsp3) is 0.167.